The first-order chi connectivity index (χ1) is 3.79. The molecule has 1 unspecified atom stereocenters. The first-order valence-electron chi connectivity index (χ1n) is 2.79. The summed E-state index contributed by atoms with van der Waals surface area (Å²) in [6.07, 6.45) is 4.87. The minimum atomic E-state index is 0.572. The SMILES string of the molecule is CC1C=NC(N)=CC1. The van der Waals surface area contributed by atoms with E-state index in [1.54, 1.807) is 0 Å². The van der Waals surface area contributed by atoms with E-state index in [1.165, 1.54) is 0 Å². The standard InChI is InChI=1S/C6H10N2/c1-5-2-3-6(7)8-4-5/h3-5H,2,7H2,1H3. The number of aliphatic imine (C=N–C) groups is 1. The van der Waals surface area contributed by atoms with Crippen molar-refractivity contribution in [1.29, 1.82) is 0 Å². The number of hydrogen-bond acceptors (Lipinski definition) is 2. The van der Waals surface area contributed by atoms with Crippen molar-refractivity contribution < 1.29 is 0 Å². The second-order valence-corrected chi connectivity index (χ2v) is 2.12. The van der Waals surface area contributed by atoms with Crippen molar-refractivity contribution >= 4 is 6.21 Å². The van der Waals surface area contributed by atoms with E-state index < -0.39 is 0 Å². The third-order valence-corrected chi connectivity index (χ3v) is 1.18. The molecule has 1 heterocycles. The molecule has 8 heavy (non-hydrogen) atoms. The van der Waals surface area contributed by atoms with Gasteiger partial charge in [-0.2, -0.15) is 0 Å². The zero-order valence-electron chi connectivity index (χ0n) is 4.96. The van der Waals surface area contributed by atoms with Crippen LogP contribution in [0, 0.1) is 5.92 Å². The van der Waals surface area contributed by atoms with Gasteiger partial charge in [0.2, 0.25) is 0 Å². The smallest absolute Gasteiger partial charge is 0.118 e. The molecule has 0 aliphatic carbocycles. The van der Waals surface area contributed by atoms with E-state index in [0.29, 0.717) is 11.7 Å². The van der Waals surface area contributed by atoms with Crippen LogP contribution in [-0.2, 0) is 0 Å². The highest BCUT2D eigenvalue weighted by molar-refractivity contribution is 5.63. The van der Waals surface area contributed by atoms with Crippen LogP contribution in [0.4, 0.5) is 0 Å². The lowest BCUT2D eigenvalue weighted by molar-refractivity contribution is 0.783. The van der Waals surface area contributed by atoms with E-state index in [2.05, 4.69) is 11.9 Å². The Balaban J connectivity index is 2.58. The Morgan fingerprint density at radius 1 is 1.88 bits per heavy atom. The molecule has 0 radical (unpaired) electrons. The van der Waals surface area contributed by atoms with Gasteiger partial charge < -0.3 is 5.73 Å². The molecule has 1 rings (SSSR count). The molecule has 0 saturated heterocycles. The van der Waals surface area contributed by atoms with E-state index in [9.17, 15) is 0 Å². The van der Waals surface area contributed by atoms with Gasteiger partial charge >= 0.3 is 0 Å². The van der Waals surface area contributed by atoms with Crippen LogP contribution in [0.25, 0.3) is 0 Å². The summed E-state index contributed by atoms with van der Waals surface area (Å²) < 4.78 is 0. The average molecular weight is 110 g/mol. The van der Waals surface area contributed by atoms with E-state index in [4.69, 9.17) is 5.73 Å². The maximum atomic E-state index is 5.36. The highest BCUT2D eigenvalue weighted by Crippen LogP contribution is 2.06. The Kier molecular flexibility index (Phi) is 1.33. The normalized spacial score (nSPS) is 27.6. The maximum absolute atomic E-state index is 5.36. The van der Waals surface area contributed by atoms with Gasteiger partial charge in [0, 0.05) is 6.21 Å². The van der Waals surface area contributed by atoms with Crippen molar-refractivity contribution in [3.05, 3.63) is 11.9 Å². The van der Waals surface area contributed by atoms with Crippen molar-refractivity contribution in [3.63, 3.8) is 0 Å². The largest absolute Gasteiger partial charge is 0.384 e. The predicted molar refractivity (Wildman–Crippen MR) is 34.5 cm³/mol. The summed E-state index contributed by atoms with van der Waals surface area (Å²) >= 11 is 0. The Morgan fingerprint density at radius 3 is 3.00 bits per heavy atom. The molecule has 0 aromatic carbocycles. The lowest BCUT2D eigenvalue weighted by Gasteiger charge is -2.05. The van der Waals surface area contributed by atoms with Gasteiger partial charge in [-0.3, -0.25) is 0 Å². The van der Waals surface area contributed by atoms with Crippen LogP contribution in [0.2, 0.25) is 0 Å². The van der Waals surface area contributed by atoms with E-state index in [0.717, 1.165) is 6.42 Å². The van der Waals surface area contributed by atoms with Crippen LogP contribution in [0.1, 0.15) is 13.3 Å². The fraction of sp³-hybridized carbons (Fsp3) is 0.500. The molecule has 2 N–H and O–H groups in total. The summed E-state index contributed by atoms with van der Waals surface area (Å²) in [6, 6.07) is 0. The van der Waals surface area contributed by atoms with Gasteiger partial charge in [-0.05, 0) is 18.4 Å². The fourth-order valence-corrected chi connectivity index (χ4v) is 0.634. The summed E-state index contributed by atoms with van der Waals surface area (Å²) in [7, 11) is 0. The van der Waals surface area contributed by atoms with Crippen molar-refractivity contribution in [2.24, 2.45) is 16.6 Å². The number of nitrogens with zero attached hydrogens (tertiary/aromatic N) is 1. The van der Waals surface area contributed by atoms with Gasteiger partial charge in [0.25, 0.3) is 0 Å². The molecule has 2 heteroatoms. The average Bonchev–Trinajstić information content (AvgIpc) is 1.77. The molecule has 1 atom stereocenters. The van der Waals surface area contributed by atoms with Crippen molar-refractivity contribution in [2.45, 2.75) is 13.3 Å². The Labute approximate surface area is 49.1 Å². The Bertz CT molecular complexity index is 135. The lowest BCUT2D eigenvalue weighted by atomic mass is 10.1. The highest BCUT2D eigenvalue weighted by Gasteiger charge is 1.99. The first kappa shape index (κ1) is 5.35. The number of hydrogen-bond donors (Lipinski definition) is 1. The maximum Gasteiger partial charge on any atom is 0.118 e. The highest BCUT2D eigenvalue weighted by atomic mass is 14.9. The predicted octanol–water partition coefficient (Wildman–Crippen LogP) is 0.897. The summed E-state index contributed by atoms with van der Waals surface area (Å²) in [4.78, 5) is 3.92. The van der Waals surface area contributed by atoms with Crippen molar-refractivity contribution in [3.8, 4) is 0 Å². The summed E-state index contributed by atoms with van der Waals surface area (Å²) in [5, 5.41) is 0. The van der Waals surface area contributed by atoms with Crippen LogP contribution in [-0.4, -0.2) is 6.21 Å². The molecule has 0 fully saturated rings. The first-order valence-corrected chi connectivity index (χ1v) is 2.79. The number of rotatable bonds is 0. The lowest BCUT2D eigenvalue weighted by Crippen LogP contribution is -2.04. The van der Waals surface area contributed by atoms with Gasteiger partial charge in [-0.25, -0.2) is 4.99 Å². The van der Waals surface area contributed by atoms with E-state index >= 15 is 0 Å². The molecule has 2 nitrogen and oxygen atoms in total. The molecule has 0 spiro atoms. The second-order valence-electron chi connectivity index (χ2n) is 2.12. The molecular formula is C6H10N2. The van der Waals surface area contributed by atoms with Crippen LogP contribution >= 0.6 is 0 Å². The molecule has 0 saturated carbocycles. The Morgan fingerprint density at radius 2 is 2.62 bits per heavy atom. The zero-order chi connectivity index (χ0) is 5.98. The summed E-state index contributed by atoms with van der Waals surface area (Å²) in [5.74, 6) is 1.23. The molecule has 0 bridgehead atoms. The molecule has 0 aromatic heterocycles. The van der Waals surface area contributed by atoms with E-state index in [-0.39, 0.29) is 0 Å². The minimum Gasteiger partial charge on any atom is -0.384 e. The quantitative estimate of drug-likeness (QED) is 0.494. The van der Waals surface area contributed by atoms with Gasteiger partial charge in [-0.1, -0.05) is 6.92 Å². The monoisotopic (exact) mass is 110 g/mol. The van der Waals surface area contributed by atoms with Gasteiger partial charge in [0.1, 0.15) is 5.82 Å². The molecular weight excluding hydrogens is 100 g/mol. The van der Waals surface area contributed by atoms with Gasteiger partial charge in [0.05, 0.1) is 0 Å². The van der Waals surface area contributed by atoms with Crippen LogP contribution in [0.15, 0.2) is 16.9 Å². The third-order valence-electron chi connectivity index (χ3n) is 1.18. The number of nitrogens with two attached hydrogens (primary N) is 1. The summed E-state index contributed by atoms with van der Waals surface area (Å²) in [5.41, 5.74) is 5.36. The zero-order valence-corrected chi connectivity index (χ0v) is 4.96. The van der Waals surface area contributed by atoms with E-state index in [1.807, 2.05) is 12.3 Å². The van der Waals surface area contributed by atoms with Crippen LogP contribution < -0.4 is 5.73 Å². The fourth-order valence-electron chi connectivity index (χ4n) is 0.634. The second kappa shape index (κ2) is 1.99. The van der Waals surface area contributed by atoms with Crippen molar-refractivity contribution in [1.82, 2.24) is 0 Å². The van der Waals surface area contributed by atoms with Gasteiger partial charge in [0.15, 0.2) is 0 Å². The van der Waals surface area contributed by atoms with Crippen LogP contribution in [0.3, 0.4) is 0 Å². The molecule has 0 amide bonds. The van der Waals surface area contributed by atoms with Crippen LogP contribution in [0.5, 0.6) is 0 Å². The molecule has 1 aliphatic rings. The third kappa shape index (κ3) is 1.09. The topological polar surface area (TPSA) is 38.4 Å². The molecule has 44 valence electrons. The van der Waals surface area contributed by atoms with Gasteiger partial charge in [-0.15, -0.1) is 0 Å². The Hall–Kier alpha value is -0.790. The minimum absolute atomic E-state index is 0.572. The van der Waals surface area contributed by atoms with Crippen molar-refractivity contribution in [2.75, 3.05) is 0 Å². The molecule has 1 aliphatic heterocycles. The summed E-state index contributed by atoms with van der Waals surface area (Å²) in [6.45, 7) is 2.12. The molecule has 0 aromatic rings. The number of allylic oxidation sites excluding steroid dienone is 1.